The van der Waals surface area contributed by atoms with Crippen LogP contribution in [0.4, 0.5) is 0 Å². The molecular weight excluding hydrogens is 324 g/mol. The van der Waals surface area contributed by atoms with Crippen molar-refractivity contribution in [1.29, 1.82) is 0 Å². The molecule has 0 spiro atoms. The van der Waals surface area contributed by atoms with Gasteiger partial charge in [0.15, 0.2) is 17.3 Å². The Morgan fingerprint density at radius 1 is 1.12 bits per heavy atom. The molecule has 1 aromatic carbocycles. The van der Waals surface area contributed by atoms with Crippen LogP contribution in [-0.2, 0) is 11.3 Å². The third kappa shape index (κ3) is 3.08. The molecule has 0 fully saturated rings. The van der Waals surface area contributed by atoms with Gasteiger partial charge in [-0.25, -0.2) is 0 Å². The van der Waals surface area contributed by atoms with E-state index in [-0.39, 0.29) is 12.5 Å². The summed E-state index contributed by atoms with van der Waals surface area (Å²) in [6, 6.07) is 12.5. The predicted octanol–water partition coefficient (Wildman–Crippen LogP) is 2.78. The van der Waals surface area contributed by atoms with Crippen molar-refractivity contribution < 1.29 is 23.2 Å². The fourth-order valence-corrected chi connectivity index (χ4v) is 2.61. The van der Waals surface area contributed by atoms with Gasteiger partial charge in [0.1, 0.15) is 11.8 Å². The number of para-hydroxylation sites is 2. The largest absolute Gasteiger partial charge is 0.482 e. The Kier molecular flexibility index (Phi) is 3.89. The number of ether oxygens (including phenoxy) is 2. The molecule has 1 N–H and O–H groups in total. The summed E-state index contributed by atoms with van der Waals surface area (Å²) >= 11 is 0. The van der Waals surface area contributed by atoms with Crippen LogP contribution in [0.25, 0.3) is 11.5 Å². The van der Waals surface area contributed by atoms with E-state index >= 15 is 0 Å². The monoisotopic (exact) mass is 340 g/mol. The molecule has 0 saturated carbocycles. The van der Waals surface area contributed by atoms with Crippen LogP contribution in [0.1, 0.15) is 12.6 Å². The first kappa shape index (κ1) is 15.3. The molecule has 0 unspecified atom stereocenters. The number of hydrogen-bond donors (Lipinski definition) is 1. The lowest BCUT2D eigenvalue weighted by Crippen LogP contribution is -2.48. The summed E-state index contributed by atoms with van der Waals surface area (Å²) in [7, 11) is 0. The number of carbonyl (C=O) groups excluding carboxylic acids is 1. The smallest absolute Gasteiger partial charge is 0.265 e. The first-order valence-electron chi connectivity index (χ1n) is 7.90. The molecule has 1 amide bonds. The van der Waals surface area contributed by atoms with E-state index in [1.165, 1.54) is 0 Å². The van der Waals surface area contributed by atoms with Gasteiger partial charge in [0.2, 0.25) is 11.9 Å². The van der Waals surface area contributed by atoms with Gasteiger partial charge in [-0.15, -0.1) is 0 Å². The second kappa shape index (κ2) is 6.35. The summed E-state index contributed by atoms with van der Waals surface area (Å²) in [4.78, 5) is 12.4. The molecule has 0 bridgehead atoms. The minimum absolute atomic E-state index is 0.220. The highest BCUT2D eigenvalue weighted by molar-refractivity contribution is 5.82. The maximum atomic E-state index is 12.4. The highest BCUT2D eigenvalue weighted by Crippen LogP contribution is 2.33. The molecule has 3 aromatic rings. The molecule has 7 heteroatoms. The number of furan rings is 1. The number of nitrogens with zero attached hydrogens (tertiary/aromatic N) is 1. The van der Waals surface area contributed by atoms with Crippen molar-refractivity contribution in [2.45, 2.75) is 25.7 Å². The van der Waals surface area contributed by atoms with E-state index in [9.17, 15) is 4.79 Å². The normalized spacial score (nSPS) is 18.8. The second-order valence-electron chi connectivity index (χ2n) is 5.69. The molecule has 4 rings (SSSR count). The Balaban J connectivity index is 1.39. The van der Waals surface area contributed by atoms with Gasteiger partial charge >= 0.3 is 0 Å². The Morgan fingerprint density at radius 2 is 1.92 bits per heavy atom. The summed E-state index contributed by atoms with van der Waals surface area (Å²) in [6.07, 6.45) is 0.427. The number of nitrogens with one attached hydrogen (secondary N) is 1. The van der Waals surface area contributed by atoms with Crippen LogP contribution >= 0.6 is 0 Å². The van der Waals surface area contributed by atoms with Gasteiger partial charge in [-0.1, -0.05) is 17.3 Å². The first-order valence-corrected chi connectivity index (χ1v) is 7.90. The summed E-state index contributed by atoms with van der Waals surface area (Å²) in [5, 5.41) is 6.71. The number of hydrogen-bond acceptors (Lipinski definition) is 6. The SMILES string of the molecule is C[C@@H]1Oc2ccccc2O[C@@H]1C(=O)NCc1cc(-c2ccco2)on1. The van der Waals surface area contributed by atoms with Gasteiger partial charge in [-0.2, -0.15) is 0 Å². The minimum atomic E-state index is -0.730. The zero-order chi connectivity index (χ0) is 17.2. The number of fused-ring (bicyclic) bond motifs is 1. The van der Waals surface area contributed by atoms with Crippen molar-refractivity contribution in [3.8, 4) is 23.0 Å². The van der Waals surface area contributed by atoms with E-state index in [2.05, 4.69) is 10.5 Å². The van der Waals surface area contributed by atoms with Crippen molar-refractivity contribution >= 4 is 5.91 Å². The zero-order valence-corrected chi connectivity index (χ0v) is 13.5. The summed E-state index contributed by atoms with van der Waals surface area (Å²) < 4.78 is 21.9. The number of amides is 1. The average Bonchev–Trinajstić information content (AvgIpc) is 3.30. The van der Waals surface area contributed by atoms with Crippen LogP contribution in [-0.4, -0.2) is 23.3 Å². The van der Waals surface area contributed by atoms with Crippen molar-refractivity contribution in [1.82, 2.24) is 10.5 Å². The number of benzene rings is 1. The number of carbonyl (C=O) groups is 1. The maximum Gasteiger partial charge on any atom is 0.265 e. The molecule has 0 radical (unpaired) electrons. The zero-order valence-electron chi connectivity index (χ0n) is 13.5. The second-order valence-corrected chi connectivity index (χ2v) is 5.69. The molecule has 2 aromatic heterocycles. The van der Waals surface area contributed by atoms with Gasteiger partial charge in [0.05, 0.1) is 12.8 Å². The van der Waals surface area contributed by atoms with Crippen LogP contribution in [0.2, 0.25) is 0 Å². The van der Waals surface area contributed by atoms with E-state index in [0.29, 0.717) is 28.7 Å². The van der Waals surface area contributed by atoms with Crippen LogP contribution < -0.4 is 14.8 Å². The molecule has 3 heterocycles. The van der Waals surface area contributed by atoms with E-state index < -0.39 is 12.2 Å². The summed E-state index contributed by atoms with van der Waals surface area (Å²) in [6.45, 7) is 2.02. The van der Waals surface area contributed by atoms with Crippen molar-refractivity contribution in [2.24, 2.45) is 0 Å². The van der Waals surface area contributed by atoms with Crippen molar-refractivity contribution in [3.63, 3.8) is 0 Å². The number of rotatable bonds is 4. The first-order chi connectivity index (χ1) is 12.2. The van der Waals surface area contributed by atoms with E-state index in [0.717, 1.165) is 0 Å². The number of aromatic nitrogens is 1. The van der Waals surface area contributed by atoms with Crippen molar-refractivity contribution in [2.75, 3.05) is 0 Å². The lowest BCUT2D eigenvalue weighted by molar-refractivity contribution is -0.133. The molecule has 7 nitrogen and oxygen atoms in total. The summed E-state index contributed by atoms with van der Waals surface area (Å²) in [5.41, 5.74) is 0.588. The molecule has 1 aliphatic rings. The fraction of sp³-hybridized carbons (Fsp3) is 0.222. The van der Waals surface area contributed by atoms with Gasteiger partial charge in [-0.3, -0.25) is 4.79 Å². The van der Waals surface area contributed by atoms with Gasteiger partial charge in [0, 0.05) is 6.07 Å². The highest BCUT2D eigenvalue weighted by atomic mass is 16.6. The third-order valence-corrected chi connectivity index (χ3v) is 3.87. The molecule has 128 valence electrons. The molecule has 2 atom stereocenters. The van der Waals surface area contributed by atoms with E-state index in [1.54, 1.807) is 37.5 Å². The summed E-state index contributed by atoms with van der Waals surface area (Å²) in [5.74, 6) is 2.01. The Bertz CT molecular complexity index is 871. The van der Waals surface area contributed by atoms with Gasteiger partial charge in [-0.05, 0) is 31.2 Å². The third-order valence-electron chi connectivity index (χ3n) is 3.87. The average molecular weight is 340 g/mol. The van der Waals surface area contributed by atoms with E-state index in [1.807, 2.05) is 18.2 Å². The molecule has 0 saturated heterocycles. The maximum absolute atomic E-state index is 12.4. The van der Waals surface area contributed by atoms with E-state index in [4.69, 9.17) is 18.4 Å². The topological polar surface area (TPSA) is 86.7 Å². The lowest BCUT2D eigenvalue weighted by Gasteiger charge is -2.30. The highest BCUT2D eigenvalue weighted by Gasteiger charge is 2.33. The van der Waals surface area contributed by atoms with Crippen LogP contribution in [0.3, 0.4) is 0 Å². The lowest BCUT2D eigenvalue weighted by atomic mass is 10.1. The Hall–Kier alpha value is -3.22. The van der Waals surface area contributed by atoms with Gasteiger partial charge < -0.3 is 23.7 Å². The molecule has 1 aliphatic heterocycles. The van der Waals surface area contributed by atoms with Crippen molar-refractivity contribution in [3.05, 3.63) is 54.4 Å². The fourth-order valence-electron chi connectivity index (χ4n) is 2.61. The standard InChI is InChI=1S/C18H16N2O5/c1-11-17(24-15-6-3-2-5-14(15)23-11)18(21)19-10-12-9-16(25-20-12)13-7-4-8-22-13/h2-9,11,17H,10H2,1H3,(H,19,21)/t11-,17-/m0/s1. The van der Waals surface area contributed by atoms with Crippen LogP contribution in [0.5, 0.6) is 11.5 Å². The molecule has 25 heavy (non-hydrogen) atoms. The quantitative estimate of drug-likeness (QED) is 0.786. The van der Waals surface area contributed by atoms with Gasteiger partial charge in [0.25, 0.3) is 5.91 Å². The molecule has 0 aliphatic carbocycles. The Morgan fingerprint density at radius 3 is 2.68 bits per heavy atom. The predicted molar refractivity (Wildman–Crippen MR) is 87.0 cm³/mol. The molecular formula is C18H16N2O5. The van der Waals surface area contributed by atoms with Crippen LogP contribution in [0.15, 0.2) is 57.7 Å². The minimum Gasteiger partial charge on any atom is -0.482 e. The van der Waals surface area contributed by atoms with Crippen LogP contribution in [0, 0.1) is 0 Å². The Labute approximate surface area is 143 Å².